The third kappa shape index (κ3) is 2.69. The SMILES string of the molecule is COc1cc(C(=O)c2c(Cl)cnn2C)c(Cl)c(Cl)c1OC. The van der Waals surface area contributed by atoms with Gasteiger partial charge in [0.15, 0.2) is 11.5 Å². The Balaban J connectivity index is 2.65. The van der Waals surface area contributed by atoms with Gasteiger partial charge in [-0.3, -0.25) is 9.48 Å². The summed E-state index contributed by atoms with van der Waals surface area (Å²) in [7, 11) is 4.47. The number of ketones is 1. The van der Waals surface area contributed by atoms with Gasteiger partial charge in [-0.25, -0.2) is 0 Å². The number of carbonyl (C=O) groups is 1. The van der Waals surface area contributed by atoms with E-state index < -0.39 is 5.78 Å². The highest BCUT2D eigenvalue weighted by atomic mass is 35.5. The number of aryl methyl sites for hydroxylation is 1. The van der Waals surface area contributed by atoms with Crippen LogP contribution in [0.3, 0.4) is 0 Å². The quantitative estimate of drug-likeness (QED) is 0.791. The molecular formula is C13H11Cl3N2O3. The van der Waals surface area contributed by atoms with Gasteiger partial charge in [0.05, 0.1) is 30.5 Å². The molecule has 0 fully saturated rings. The first kappa shape index (κ1) is 15.9. The molecule has 2 rings (SSSR count). The van der Waals surface area contributed by atoms with Crippen LogP contribution in [0.5, 0.6) is 11.5 Å². The summed E-state index contributed by atoms with van der Waals surface area (Å²) in [6, 6.07) is 1.46. The Hall–Kier alpha value is -1.43. The number of rotatable bonds is 4. The van der Waals surface area contributed by atoms with E-state index in [0.717, 1.165) is 0 Å². The number of carbonyl (C=O) groups excluding carboxylic acids is 1. The van der Waals surface area contributed by atoms with Crippen LogP contribution in [0.4, 0.5) is 0 Å². The Labute approximate surface area is 136 Å². The second kappa shape index (κ2) is 6.13. The van der Waals surface area contributed by atoms with E-state index in [0.29, 0.717) is 5.75 Å². The van der Waals surface area contributed by atoms with Gasteiger partial charge in [0.1, 0.15) is 10.7 Å². The molecule has 0 aliphatic rings. The molecule has 0 aliphatic heterocycles. The summed E-state index contributed by atoms with van der Waals surface area (Å²) in [5.41, 5.74) is 0.367. The standard InChI is InChI=1S/C13H11Cl3N2O3/c1-18-11(7(14)5-17-18)12(19)6-4-8(20-2)13(21-3)10(16)9(6)15/h4-5H,1-3H3. The third-order valence-electron chi connectivity index (χ3n) is 2.91. The fourth-order valence-corrected chi connectivity index (χ4v) is 2.64. The van der Waals surface area contributed by atoms with Crippen molar-refractivity contribution in [2.24, 2.45) is 7.05 Å². The molecule has 21 heavy (non-hydrogen) atoms. The van der Waals surface area contributed by atoms with E-state index in [4.69, 9.17) is 44.3 Å². The highest BCUT2D eigenvalue weighted by Crippen LogP contribution is 2.42. The Bertz CT molecular complexity index is 694. The van der Waals surface area contributed by atoms with Crippen LogP contribution < -0.4 is 9.47 Å². The molecule has 1 aromatic carbocycles. The van der Waals surface area contributed by atoms with Gasteiger partial charge in [0.25, 0.3) is 0 Å². The summed E-state index contributed by atoms with van der Waals surface area (Å²) < 4.78 is 11.7. The van der Waals surface area contributed by atoms with E-state index in [-0.39, 0.29) is 32.1 Å². The molecule has 1 heterocycles. The predicted octanol–water partition coefficient (Wildman–Crippen LogP) is 3.63. The van der Waals surface area contributed by atoms with Crippen LogP contribution in [-0.2, 0) is 7.05 Å². The lowest BCUT2D eigenvalue weighted by Crippen LogP contribution is -2.10. The number of aromatic nitrogens is 2. The Morgan fingerprint density at radius 2 is 1.86 bits per heavy atom. The summed E-state index contributed by atoms with van der Waals surface area (Å²) in [4.78, 5) is 12.6. The lowest BCUT2D eigenvalue weighted by atomic mass is 10.1. The third-order valence-corrected chi connectivity index (χ3v) is 4.03. The van der Waals surface area contributed by atoms with Crippen LogP contribution in [0, 0.1) is 0 Å². The monoisotopic (exact) mass is 348 g/mol. The van der Waals surface area contributed by atoms with Crippen LogP contribution in [-0.4, -0.2) is 29.8 Å². The summed E-state index contributed by atoms with van der Waals surface area (Å²) in [6.45, 7) is 0. The second-order valence-corrected chi connectivity index (χ2v) is 5.24. The van der Waals surface area contributed by atoms with Crippen LogP contribution in [0.2, 0.25) is 15.1 Å². The molecule has 0 saturated heterocycles. The van der Waals surface area contributed by atoms with E-state index in [1.165, 1.54) is 31.2 Å². The topological polar surface area (TPSA) is 53.3 Å². The van der Waals surface area contributed by atoms with Gasteiger partial charge in [-0.15, -0.1) is 0 Å². The maximum Gasteiger partial charge on any atom is 0.214 e. The van der Waals surface area contributed by atoms with Gasteiger partial charge in [0, 0.05) is 12.6 Å². The Kier molecular flexibility index (Phi) is 4.66. The molecule has 0 bridgehead atoms. The average Bonchev–Trinajstić information content (AvgIpc) is 2.80. The minimum atomic E-state index is -0.409. The number of hydrogen-bond donors (Lipinski definition) is 0. The van der Waals surface area contributed by atoms with Crippen LogP contribution in [0.1, 0.15) is 16.1 Å². The molecule has 0 spiro atoms. The van der Waals surface area contributed by atoms with Crippen molar-refractivity contribution in [1.29, 1.82) is 0 Å². The van der Waals surface area contributed by atoms with E-state index in [1.54, 1.807) is 7.05 Å². The molecule has 0 aliphatic carbocycles. The number of nitrogens with zero attached hydrogens (tertiary/aromatic N) is 2. The van der Waals surface area contributed by atoms with Gasteiger partial charge in [-0.1, -0.05) is 34.8 Å². The maximum atomic E-state index is 12.6. The van der Waals surface area contributed by atoms with Crippen molar-refractivity contribution in [3.05, 3.63) is 38.6 Å². The van der Waals surface area contributed by atoms with Gasteiger partial charge in [0.2, 0.25) is 5.78 Å². The lowest BCUT2D eigenvalue weighted by molar-refractivity contribution is 0.103. The maximum absolute atomic E-state index is 12.6. The van der Waals surface area contributed by atoms with Crippen LogP contribution in [0.25, 0.3) is 0 Å². The molecule has 0 amide bonds. The molecule has 0 unspecified atom stereocenters. The van der Waals surface area contributed by atoms with Crippen molar-refractivity contribution < 1.29 is 14.3 Å². The predicted molar refractivity (Wildman–Crippen MR) is 81.2 cm³/mol. The highest BCUT2D eigenvalue weighted by Gasteiger charge is 2.25. The first-order chi connectivity index (χ1) is 9.92. The summed E-state index contributed by atoms with van der Waals surface area (Å²) in [5, 5.41) is 4.31. The van der Waals surface area contributed by atoms with Gasteiger partial charge >= 0.3 is 0 Å². The summed E-state index contributed by atoms with van der Waals surface area (Å²) in [6.07, 6.45) is 1.38. The Morgan fingerprint density at radius 3 is 2.33 bits per heavy atom. The zero-order chi connectivity index (χ0) is 15.7. The minimum Gasteiger partial charge on any atom is -0.493 e. The number of halogens is 3. The van der Waals surface area contributed by atoms with Crippen molar-refractivity contribution in [3.8, 4) is 11.5 Å². The van der Waals surface area contributed by atoms with Crippen LogP contribution >= 0.6 is 34.8 Å². The fourth-order valence-electron chi connectivity index (χ4n) is 1.89. The van der Waals surface area contributed by atoms with Gasteiger partial charge in [-0.05, 0) is 6.07 Å². The molecule has 0 radical (unpaired) electrons. The average molecular weight is 350 g/mol. The first-order valence-corrected chi connectivity index (χ1v) is 6.87. The van der Waals surface area contributed by atoms with E-state index in [9.17, 15) is 4.79 Å². The smallest absolute Gasteiger partial charge is 0.214 e. The normalized spacial score (nSPS) is 10.6. The zero-order valence-corrected chi connectivity index (χ0v) is 13.7. The zero-order valence-electron chi connectivity index (χ0n) is 11.4. The van der Waals surface area contributed by atoms with Crippen molar-refractivity contribution in [2.75, 3.05) is 14.2 Å². The molecule has 0 N–H and O–H groups in total. The van der Waals surface area contributed by atoms with Crippen molar-refractivity contribution >= 4 is 40.6 Å². The fraction of sp³-hybridized carbons (Fsp3) is 0.231. The largest absolute Gasteiger partial charge is 0.493 e. The Morgan fingerprint density at radius 1 is 1.19 bits per heavy atom. The molecule has 8 heteroatoms. The number of ether oxygens (including phenoxy) is 2. The van der Waals surface area contributed by atoms with Gasteiger partial charge in [-0.2, -0.15) is 5.10 Å². The number of benzene rings is 1. The van der Waals surface area contributed by atoms with Crippen molar-refractivity contribution in [2.45, 2.75) is 0 Å². The van der Waals surface area contributed by atoms with Gasteiger partial charge < -0.3 is 9.47 Å². The molecule has 112 valence electrons. The van der Waals surface area contributed by atoms with E-state index in [2.05, 4.69) is 5.10 Å². The van der Waals surface area contributed by atoms with E-state index in [1.807, 2.05) is 0 Å². The molecular weight excluding hydrogens is 339 g/mol. The molecule has 1 aromatic heterocycles. The lowest BCUT2D eigenvalue weighted by Gasteiger charge is -2.13. The summed E-state index contributed by atoms with van der Waals surface area (Å²) >= 11 is 18.3. The van der Waals surface area contributed by atoms with Crippen LogP contribution in [0.15, 0.2) is 12.3 Å². The molecule has 5 nitrogen and oxygen atoms in total. The second-order valence-electron chi connectivity index (χ2n) is 4.08. The number of hydrogen-bond acceptors (Lipinski definition) is 4. The minimum absolute atomic E-state index is 0.0663. The van der Waals surface area contributed by atoms with Crippen molar-refractivity contribution in [3.63, 3.8) is 0 Å². The summed E-state index contributed by atoms with van der Waals surface area (Å²) in [5.74, 6) is 0.151. The van der Waals surface area contributed by atoms with E-state index >= 15 is 0 Å². The molecule has 0 saturated carbocycles. The molecule has 0 atom stereocenters. The number of methoxy groups -OCH3 is 2. The van der Waals surface area contributed by atoms with Crippen molar-refractivity contribution in [1.82, 2.24) is 9.78 Å². The molecule has 2 aromatic rings. The highest BCUT2D eigenvalue weighted by molar-refractivity contribution is 6.46. The first-order valence-electron chi connectivity index (χ1n) is 5.74.